The van der Waals surface area contributed by atoms with Gasteiger partial charge < -0.3 is 0 Å². The second-order valence-electron chi connectivity index (χ2n) is 3.38. The third kappa shape index (κ3) is 2.07. The summed E-state index contributed by atoms with van der Waals surface area (Å²) in [6, 6.07) is 0. The van der Waals surface area contributed by atoms with E-state index < -0.39 is 21.2 Å². The number of carbonyl (C=O) groups is 1. The van der Waals surface area contributed by atoms with Gasteiger partial charge in [-0.2, -0.15) is 0 Å². The largest absolute Gasteiger partial charge is 0.296 e. The first kappa shape index (κ1) is 10.6. The fraction of sp³-hybridized carbons (Fsp3) is 0.875. The minimum Gasteiger partial charge on any atom is -0.296 e. The van der Waals surface area contributed by atoms with Crippen LogP contribution in [-0.2, 0) is 14.5 Å². The predicted molar refractivity (Wildman–Crippen MR) is 50.0 cm³/mol. The molecule has 1 fully saturated rings. The average Bonchev–Trinajstić information content (AvgIpc) is 2.11. The summed E-state index contributed by atoms with van der Waals surface area (Å²) in [4.78, 5) is 10.9. The number of carbonyl (C=O) groups excluding carboxylic acids is 1. The van der Waals surface area contributed by atoms with Crippen LogP contribution in [0.2, 0.25) is 0 Å². The molecule has 0 radical (unpaired) electrons. The number of rotatable bonds is 1. The summed E-state index contributed by atoms with van der Waals surface area (Å²) in [5.74, 6) is -0.0378. The topological polar surface area (TPSA) is 46.5 Å². The molecule has 0 spiro atoms. The van der Waals surface area contributed by atoms with Gasteiger partial charge in [0.15, 0.2) is 11.5 Å². The van der Waals surface area contributed by atoms with Crippen LogP contribution in [-0.4, -0.2) is 34.2 Å². The number of hydrogen-bond donors (Lipinski definition) is 0. The highest BCUT2D eigenvalue weighted by Gasteiger charge is 2.40. The molecule has 0 aromatic carbocycles. The lowest BCUT2D eigenvalue weighted by molar-refractivity contribution is -0.128. The third-order valence-electron chi connectivity index (χ3n) is 2.60. The lowest BCUT2D eigenvalue weighted by Gasteiger charge is -2.28. The molecule has 1 aliphatic rings. The van der Waals surface area contributed by atoms with Crippen LogP contribution >= 0.6 is 0 Å². The lowest BCUT2D eigenvalue weighted by atomic mass is 9.95. The monoisotopic (exact) mass is 207 g/mol. The Bertz CT molecular complexity index is 317. The highest BCUT2D eigenvalue weighted by molar-refractivity contribution is 7.93. The molecular formula is C8H14FNO2S. The van der Waals surface area contributed by atoms with Crippen LogP contribution in [0.5, 0.6) is 0 Å². The Morgan fingerprint density at radius 2 is 1.92 bits per heavy atom. The lowest BCUT2D eigenvalue weighted by Crippen LogP contribution is -2.40. The molecule has 76 valence electrons. The molecule has 0 unspecified atom stereocenters. The van der Waals surface area contributed by atoms with E-state index in [0.29, 0.717) is 0 Å². The minimum atomic E-state index is -2.20. The average molecular weight is 207 g/mol. The van der Waals surface area contributed by atoms with E-state index in [0.717, 1.165) is 0 Å². The van der Waals surface area contributed by atoms with Crippen molar-refractivity contribution in [2.45, 2.75) is 25.4 Å². The van der Waals surface area contributed by atoms with Gasteiger partial charge in [0.1, 0.15) is 0 Å². The zero-order chi connectivity index (χ0) is 10.1. The SMILES string of the molecule is CN=S1(=O)CCC(F)(C(C)=O)CC1. The molecule has 0 aromatic rings. The van der Waals surface area contributed by atoms with Crippen molar-refractivity contribution < 1.29 is 13.4 Å². The van der Waals surface area contributed by atoms with Gasteiger partial charge in [-0.1, -0.05) is 0 Å². The summed E-state index contributed by atoms with van der Waals surface area (Å²) in [6.07, 6.45) is 0.108. The first-order chi connectivity index (χ1) is 5.92. The van der Waals surface area contributed by atoms with Crippen LogP contribution in [0.4, 0.5) is 4.39 Å². The zero-order valence-electron chi connectivity index (χ0n) is 7.88. The number of alkyl halides is 1. The van der Waals surface area contributed by atoms with E-state index in [1.165, 1.54) is 14.0 Å². The Hall–Kier alpha value is -0.450. The van der Waals surface area contributed by atoms with Crippen molar-refractivity contribution in [3.05, 3.63) is 0 Å². The van der Waals surface area contributed by atoms with E-state index in [4.69, 9.17) is 0 Å². The predicted octanol–water partition coefficient (Wildman–Crippen LogP) is 1.18. The maximum absolute atomic E-state index is 13.7. The highest BCUT2D eigenvalue weighted by atomic mass is 32.2. The maximum Gasteiger partial charge on any atom is 0.170 e. The van der Waals surface area contributed by atoms with Gasteiger partial charge in [0.25, 0.3) is 0 Å². The van der Waals surface area contributed by atoms with Gasteiger partial charge in [-0.3, -0.25) is 4.79 Å². The van der Waals surface area contributed by atoms with Crippen LogP contribution in [0, 0.1) is 0 Å². The Kier molecular flexibility index (Phi) is 2.75. The standard InChI is InChI=1S/C8H14FNO2S/c1-7(11)8(9)3-5-13(12,10-2)6-4-8/h3-6H2,1-2H3. The first-order valence-electron chi connectivity index (χ1n) is 4.22. The van der Waals surface area contributed by atoms with Crippen LogP contribution < -0.4 is 0 Å². The van der Waals surface area contributed by atoms with Gasteiger partial charge in [-0.25, -0.2) is 13.0 Å². The normalized spacial score (nSPS) is 39.9. The summed E-state index contributed by atoms with van der Waals surface area (Å²) in [7, 11) is -0.712. The Labute approximate surface area is 77.9 Å². The summed E-state index contributed by atoms with van der Waals surface area (Å²) in [5, 5.41) is 0. The highest BCUT2D eigenvalue weighted by Crippen LogP contribution is 2.29. The molecule has 3 nitrogen and oxygen atoms in total. The quantitative estimate of drug-likeness (QED) is 0.648. The van der Waals surface area contributed by atoms with Crippen LogP contribution in [0.25, 0.3) is 0 Å². The molecule has 1 rings (SSSR count). The molecular weight excluding hydrogens is 193 g/mol. The molecule has 1 aliphatic heterocycles. The number of nitrogens with zero attached hydrogens (tertiary/aromatic N) is 1. The van der Waals surface area contributed by atoms with Crippen molar-refractivity contribution in [2.75, 3.05) is 18.6 Å². The summed E-state index contributed by atoms with van der Waals surface area (Å²) < 4.78 is 29.1. The van der Waals surface area contributed by atoms with E-state index in [-0.39, 0.29) is 24.3 Å². The van der Waals surface area contributed by atoms with Crippen molar-refractivity contribution in [3.8, 4) is 0 Å². The van der Waals surface area contributed by atoms with Crippen molar-refractivity contribution in [3.63, 3.8) is 0 Å². The van der Waals surface area contributed by atoms with Gasteiger partial charge in [-0.15, -0.1) is 0 Å². The number of Topliss-reactive ketones (excluding diaryl/α,β-unsaturated/α-hetero) is 1. The van der Waals surface area contributed by atoms with E-state index >= 15 is 0 Å². The second-order valence-corrected chi connectivity index (χ2v) is 6.11. The Morgan fingerprint density at radius 1 is 1.46 bits per heavy atom. The molecule has 0 aromatic heterocycles. The molecule has 0 amide bonds. The molecule has 0 atom stereocenters. The van der Waals surface area contributed by atoms with Gasteiger partial charge in [0, 0.05) is 41.1 Å². The van der Waals surface area contributed by atoms with Gasteiger partial charge in [-0.05, 0) is 6.92 Å². The Morgan fingerprint density at radius 3 is 2.23 bits per heavy atom. The zero-order valence-corrected chi connectivity index (χ0v) is 8.69. The van der Waals surface area contributed by atoms with E-state index in [1.807, 2.05) is 0 Å². The molecule has 1 saturated heterocycles. The molecule has 0 saturated carbocycles. The van der Waals surface area contributed by atoms with E-state index in [9.17, 15) is 13.4 Å². The fourth-order valence-electron chi connectivity index (χ4n) is 1.40. The molecule has 0 N–H and O–H groups in total. The van der Waals surface area contributed by atoms with E-state index in [2.05, 4.69) is 4.36 Å². The molecule has 5 heteroatoms. The van der Waals surface area contributed by atoms with Gasteiger partial charge >= 0.3 is 0 Å². The van der Waals surface area contributed by atoms with Gasteiger partial charge in [0.05, 0.1) is 0 Å². The van der Waals surface area contributed by atoms with Gasteiger partial charge in [0.2, 0.25) is 0 Å². The van der Waals surface area contributed by atoms with E-state index in [1.54, 1.807) is 0 Å². The van der Waals surface area contributed by atoms with Crippen molar-refractivity contribution >= 4 is 15.5 Å². The number of ketones is 1. The molecule has 1 heterocycles. The van der Waals surface area contributed by atoms with Crippen LogP contribution in [0.3, 0.4) is 0 Å². The third-order valence-corrected chi connectivity index (χ3v) is 4.95. The molecule has 0 aliphatic carbocycles. The minimum absolute atomic E-state index is 0.0541. The summed E-state index contributed by atoms with van der Waals surface area (Å²) in [5.41, 5.74) is -1.74. The summed E-state index contributed by atoms with van der Waals surface area (Å²) >= 11 is 0. The summed E-state index contributed by atoms with van der Waals surface area (Å²) in [6.45, 7) is 1.25. The second kappa shape index (κ2) is 3.36. The molecule has 0 bridgehead atoms. The van der Waals surface area contributed by atoms with Crippen molar-refractivity contribution in [1.29, 1.82) is 0 Å². The maximum atomic E-state index is 13.7. The smallest absolute Gasteiger partial charge is 0.170 e. The molecule has 13 heavy (non-hydrogen) atoms. The fourth-order valence-corrected chi connectivity index (χ4v) is 3.26. The van der Waals surface area contributed by atoms with Crippen molar-refractivity contribution in [1.82, 2.24) is 0 Å². The van der Waals surface area contributed by atoms with Crippen molar-refractivity contribution in [2.24, 2.45) is 4.36 Å². The van der Waals surface area contributed by atoms with Crippen LogP contribution in [0.1, 0.15) is 19.8 Å². The number of halogens is 1. The number of hydrogen-bond acceptors (Lipinski definition) is 3. The van der Waals surface area contributed by atoms with Crippen LogP contribution in [0.15, 0.2) is 4.36 Å². The Balaban J connectivity index is 2.79. The first-order valence-corrected chi connectivity index (χ1v) is 6.08.